The fraction of sp³-hybridized carbons (Fsp3) is 0.185. The normalized spacial score (nSPS) is 12.7. The maximum atomic E-state index is 13.3. The summed E-state index contributed by atoms with van der Waals surface area (Å²) < 4.78 is 42.6. The van der Waals surface area contributed by atoms with Gasteiger partial charge in [0.05, 0.1) is 22.8 Å². The first kappa shape index (κ1) is 25.6. The number of halogens is 4. The number of aromatic nitrogens is 5. The molecule has 11 heteroatoms. The zero-order valence-corrected chi connectivity index (χ0v) is 21.0. The van der Waals surface area contributed by atoms with Crippen molar-refractivity contribution in [2.45, 2.75) is 25.7 Å². The maximum Gasteiger partial charge on any atom is 0.421 e. The highest BCUT2D eigenvalue weighted by Gasteiger charge is 2.34. The minimum atomic E-state index is -4.80. The van der Waals surface area contributed by atoms with Crippen molar-refractivity contribution in [1.29, 1.82) is 0 Å². The van der Waals surface area contributed by atoms with Crippen LogP contribution in [0.3, 0.4) is 0 Å². The number of pyridine rings is 3. The van der Waals surface area contributed by atoms with E-state index in [1.165, 1.54) is 18.6 Å². The Bertz CT molecular complexity index is 1730. The van der Waals surface area contributed by atoms with Gasteiger partial charge >= 0.3 is 6.18 Å². The summed E-state index contributed by atoms with van der Waals surface area (Å²) in [6, 6.07) is 11.1. The van der Waals surface area contributed by atoms with Gasteiger partial charge in [-0.15, -0.1) is 0 Å². The van der Waals surface area contributed by atoms with Gasteiger partial charge in [0.2, 0.25) is 0 Å². The van der Waals surface area contributed by atoms with E-state index in [0.717, 1.165) is 33.3 Å². The summed E-state index contributed by atoms with van der Waals surface area (Å²) >= 11 is 6.48. The van der Waals surface area contributed by atoms with E-state index in [4.69, 9.17) is 11.6 Å². The second-order valence-electron chi connectivity index (χ2n) is 8.84. The highest BCUT2D eigenvalue weighted by molar-refractivity contribution is 6.31. The molecule has 1 N–H and O–H groups in total. The van der Waals surface area contributed by atoms with E-state index in [9.17, 15) is 23.1 Å². The van der Waals surface area contributed by atoms with Crippen molar-refractivity contribution in [2.24, 2.45) is 7.05 Å². The molecule has 1 atom stereocenters. The standard InChI is InChI=1S/C27H21ClF3N5O2/c1-15-11-19(22-8-9-33-35(22)2)17-5-3-6-18(24(17)34-15)25(37)23-16(12-32-13-21(23)28)14-36-10-4-7-20(26(36)38)27(29,30)31/h3-13,25,37H,14H2,1-2H3. The Morgan fingerprint density at radius 3 is 2.63 bits per heavy atom. The van der Waals surface area contributed by atoms with Gasteiger partial charge in [0.25, 0.3) is 5.56 Å². The number of benzene rings is 1. The van der Waals surface area contributed by atoms with Gasteiger partial charge in [0.1, 0.15) is 11.7 Å². The van der Waals surface area contributed by atoms with Crippen molar-refractivity contribution in [3.8, 4) is 11.3 Å². The summed E-state index contributed by atoms with van der Waals surface area (Å²) in [6.45, 7) is 1.56. The molecule has 1 unspecified atom stereocenters. The van der Waals surface area contributed by atoms with Gasteiger partial charge in [0.15, 0.2) is 0 Å². The Hall–Kier alpha value is -4.02. The van der Waals surface area contributed by atoms with E-state index in [1.807, 2.05) is 32.2 Å². The Morgan fingerprint density at radius 2 is 1.92 bits per heavy atom. The molecule has 0 radical (unpaired) electrons. The van der Waals surface area contributed by atoms with Crippen LogP contribution >= 0.6 is 11.6 Å². The molecule has 1 aromatic carbocycles. The minimum Gasteiger partial charge on any atom is -0.384 e. The highest BCUT2D eigenvalue weighted by Crippen LogP contribution is 2.37. The van der Waals surface area contributed by atoms with Crippen molar-refractivity contribution >= 4 is 22.5 Å². The topological polar surface area (TPSA) is 85.8 Å². The molecule has 194 valence electrons. The van der Waals surface area contributed by atoms with Crippen LogP contribution in [0.15, 0.2) is 72.0 Å². The lowest BCUT2D eigenvalue weighted by Gasteiger charge is -2.20. The number of hydrogen-bond donors (Lipinski definition) is 1. The number of alkyl halides is 3. The summed E-state index contributed by atoms with van der Waals surface area (Å²) in [5, 5.41) is 16.7. The first-order chi connectivity index (χ1) is 18.1. The second kappa shape index (κ2) is 9.70. The monoisotopic (exact) mass is 539 g/mol. The zero-order chi connectivity index (χ0) is 27.2. The van der Waals surface area contributed by atoms with Crippen LogP contribution in [0.4, 0.5) is 13.2 Å². The number of fused-ring (bicyclic) bond motifs is 1. The third kappa shape index (κ3) is 4.57. The van der Waals surface area contributed by atoms with E-state index in [2.05, 4.69) is 15.1 Å². The minimum absolute atomic E-state index is 0.103. The van der Waals surface area contributed by atoms with Gasteiger partial charge in [-0.2, -0.15) is 18.3 Å². The van der Waals surface area contributed by atoms with Crippen LogP contribution in [-0.4, -0.2) is 29.4 Å². The van der Waals surface area contributed by atoms with E-state index in [1.54, 1.807) is 23.0 Å². The second-order valence-corrected chi connectivity index (χ2v) is 9.25. The van der Waals surface area contributed by atoms with Crippen LogP contribution in [0.5, 0.6) is 0 Å². The molecule has 0 saturated heterocycles. The highest BCUT2D eigenvalue weighted by atomic mass is 35.5. The lowest BCUT2D eigenvalue weighted by Crippen LogP contribution is -2.28. The SMILES string of the molecule is Cc1cc(-c2ccnn2C)c2cccc(C(O)c3c(Cl)cncc3Cn3cccc(C(F)(F)F)c3=O)c2n1. The Labute approximate surface area is 219 Å². The Kier molecular flexibility index (Phi) is 6.54. The quantitative estimate of drug-likeness (QED) is 0.327. The first-order valence-electron chi connectivity index (χ1n) is 11.5. The average Bonchev–Trinajstić information content (AvgIpc) is 3.29. The summed E-state index contributed by atoms with van der Waals surface area (Å²) in [5.74, 6) is 0. The van der Waals surface area contributed by atoms with Crippen LogP contribution in [-0.2, 0) is 19.8 Å². The number of aryl methyl sites for hydroxylation is 2. The number of rotatable bonds is 5. The predicted molar refractivity (Wildman–Crippen MR) is 137 cm³/mol. The largest absolute Gasteiger partial charge is 0.421 e. The molecule has 5 aromatic rings. The molecular formula is C27H21ClF3N5O2. The summed E-state index contributed by atoms with van der Waals surface area (Å²) in [4.78, 5) is 21.3. The Balaban J connectivity index is 1.65. The number of aliphatic hydroxyl groups is 1. The van der Waals surface area contributed by atoms with Crippen LogP contribution in [0.2, 0.25) is 5.02 Å². The van der Waals surface area contributed by atoms with E-state index < -0.39 is 23.4 Å². The van der Waals surface area contributed by atoms with Gasteiger partial charge in [-0.05, 0) is 36.8 Å². The van der Waals surface area contributed by atoms with Crippen molar-refractivity contribution < 1.29 is 18.3 Å². The van der Waals surface area contributed by atoms with Crippen LogP contribution < -0.4 is 5.56 Å². The number of nitrogens with zero attached hydrogens (tertiary/aromatic N) is 5. The number of aliphatic hydroxyl groups excluding tert-OH is 1. The lowest BCUT2D eigenvalue weighted by atomic mass is 9.94. The molecule has 5 rings (SSSR count). The molecule has 0 aliphatic carbocycles. The van der Waals surface area contributed by atoms with Crippen molar-refractivity contribution in [3.05, 3.63) is 111 Å². The van der Waals surface area contributed by atoms with Crippen LogP contribution in [0.1, 0.15) is 34.1 Å². The van der Waals surface area contributed by atoms with Gasteiger partial charge in [-0.25, -0.2) is 0 Å². The molecule has 0 aliphatic heterocycles. The molecule has 0 amide bonds. The number of hydrogen-bond acceptors (Lipinski definition) is 5. The third-order valence-electron chi connectivity index (χ3n) is 6.35. The molecular weight excluding hydrogens is 519 g/mol. The molecule has 4 aromatic heterocycles. The average molecular weight is 540 g/mol. The smallest absolute Gasteiger partial charge is 0.384 e. The van der Waals surface area contributed by atoms with Gasteiger partial charge in [-0.1, -0.05) is 29.8 Å². The van der Waals surface area contributed by atoms with Crippen molar-refractivity contribution in [1.82, 2.24) is 24.3 Å². The van der Waals surface area contributed by atoms with Gasteiger partial charge < -0.3 is 9.67 Å². The molecule has 0 fully saturated rings. The molecule has 0 aliphatic rings. The Morgan fingerprint density at radius 1 is 1.13 bits per heavy atom. The molecule has 7 nitrogen and oxygen atoms in total. The first-order valence-corrected chi connectivity index (χ1v) is 11.9. The van der Waals surface area contributed by atoms with Crippen LogP contribution in [0.25, 0.3) is 22.2 Å². The summed E-state index contributed by atoms with van der Waals surface area (Å²) in [6.07, 6.45) is -0.454. The number of para-hydroxylation sites is 1. The molecule has 38 heavy (non-hydrogen) atoms. The van der Waals surface area contributed by atoms with Gasteiger partial charge in [-0.3, -0.25) is 19.4 Å². The van der Waals surface area contributed by atoms with E-state index in [-0.39, 0.29) is 17.1 Å². The molecule has 4 heterocycles. The van der Waals surface area contributed by atoms with Crippen LogP contribution in [0, 0.1) is 6.92 Å². The lowest BCUT2D eigenvalue weighted by molar-refractivity contribution is -0.138. The van der Waals surface area contributed by atoms with Crippen molar-refractivity contribution in [3.63, 3.8) is 0 Å². The predicted octanol–water partition coefficient (Wildman–Crippen LogP) is 5.30. The van der Waals surface area contributed by atoms with Crippen molar-refractivity contribution in [2.75, 3.05) is 0 Å². The van der Waals surface area contributed by atoms with E-state index in [0.29, 0.717) is 22.3 Å². The fourth-order valence-corrected chi connectivity index (χ4v) is 4.88. The third-order valence-corrected chi connectivity index (χ3v) is 6.65. The van der Waals surface area contributed by atoms with Gasteiger partial charge in [0, 0.05) is 59.6 Å². The molecule has 0 spiro atoms. The summed E-state index contributed by atoms with van der Waals surface area (Å²) in [5.41, 5.74) is 1.46. The summed E-state index contributed by atoms with van der Waals surface area (Å²) in [7, 11) is 1.83. The molecule has 0 bridgehead atoms. The van der Waals surface area contributed by atoms with E-state index >= 15 is 0 Å². The fourth-order valence-electron chi connectivity index (χ4n) is 4.60. The maximum absolute atomic E-state index is 13.3. The zero-order valence-electron chi connectivity index (χ0n) is 20.2. The molecule has 0 saturated carbocycles.